The number of nitrogen functional groups attached to an aromatic ring is 1. The first kappa shape index (κ1) is 9.74. The van der Waals surface area contributed by atoms with E-state index in [-0.39, 0.29) is 5.69 Å². The zero-order chi connectivity index (χ0) is 10.7. The predicted octanol–water partition coefficient (Wildman–Crippen LogP) is 1.07. The summed E-state index contributed by atoms with van der Waals surface area (Å²) in [7, 11) is 0. The summed E-state index contributed by atoms with van der Waals surface area (Å²) < 4.78 is 0. The second-order valence-electron chi connectivity index (χ2n) is 3.36. The molecule has 0 unspecified atom stereocenters. The number of hydrogen-bond acceptors (Lipinski definition) is 5. The standard InChI is InChI=1S/C10H12N4O/c11-7-9-8(12)3-4-10(13-9)14-5-1-2-6-15-14/h3-4H,1-2,5-6,12H2. The van der Waals surface area contributed by atoms with Crippen molar-refractivity contribution < 1.29 is 4.84 Å². The van der Waals surface area contributed by atoms with E-state index in [2.05, 4.69) is 4.98 Å². The zero-order valence-electron chi connectivity index (χ0n) is 8.31. The molecule has 1 aliphatic rings. The Kier molecular flexibility index (Phi) is 2.70. The third-order valence-corrected chi connectivity index (χ3v) is 2.28. The molecule has 0 amide bonds. The molecule has 0 saturated carbocycles. The van der Waals surface area contributed by atoms with Crippen LogP contribution in [0.5, 0.6) is 0 Å². The Morgan fingerprint density at radius 2 is 2.33 bits per heavy atom. The van der Waals surface area contributed by atoms with Gasteiger partial charge in [0.25, 0.3) is 0 Å². The highest BCUT2D eigenvalue weighted by Gasteiger charge is 2.14. The number of hydroxylamine groups is 1. The van der Waals surface area contributed by atoms with E-state index in [1.807, 2.05) is 6.07 Å². The number of hydrogen-bond donors (Lipinski definition) is 1. The molecule has 0 radical (unpaired) electrons. The summed E-state index contributed by atoms with van der Waals surface area (Å²) in [6, 6.07) is 5.40. The number of rotatable bonds is 1. The normalized spacial score (nSPS) is 16.1. The molecule has 0 spiro atoms. The van der Waals surface area contributed by atoms with Crippen molar-refractivity contribution in [3.8, 4) is 6.07 Å². The summed E-state index contributed by atoms with van der Waals surface area (Å²) in [5, 5.41) is 10.5. The molecule has 1 aromatic rings. The molecule has 15 heavy (non-hydrogen) atoms. The lowest BCUT2D eigenvalue weighted by molar-refractivity contribution is 0.0761. The van der Waals surface area contributed by atoms with Gasteiger partial charge in [-0.25, -0.2) is 10.0 Å². The van der Waals surface area contributed by atoms with E-state index >= 15 is 0 Å². The Morgan fingerprint density at radius 3 is 3.00 bits per heavy atom. The van der Waals surface area contributed by atoms with Gasteiger partial charge in [-0.3, -0.25) is 4.84 Å². The fourth-order valence-corrected chi connectivity index (χ4v) is 1.47. The molecule has 0 atom stereocenters. The van der Waals surface area contributed by atoms with Crippen molar-refractivity contribution in [3.63, 3.8) is 0 Å². The first-order valence-electron chi connectivity index (χ1n) is 4.88. The van der Waals surface area contributed by atoms with Crippen LogP contribution in [0.2, 0.25) is 0 Å². The van der Waals surface area contributed by atoms with Gasteiger partial charge in [0.15, 0.2) is 11.5 Å². The van der Waals surface area contributed by atoms with Gasteiger partial charge >= 0.3 is 0 Å². The Hall–Kier alpha value is -1.80. The molecular weight excluding hydrogens is 192 g/mol. The van der Waals surface area contributed by atoms with Crippen molar-refractivity contribution >= 4 is 11.5 Å². The van der Waals surface area contributed by atoms with Crippen molar-refractivity contribution in [2.75, 3.05) is 23.9 Å². The number of anilines is 2. The first-order chi connectivity index (χ1) is 7.31. The van der Waals surface area contributed by atoms with Gasteiger partial charge in [-0.15, -0.1) is 0 Å². The summed E-state index contributed by atoms with van der Waals surface area (Å²) >= 11 is 0. The van der Waals surface area contributed by atoms with E-state index < -0.39 is 0 Å². The molecule has 78 valence electrons. The molecule has 1 saturated heterocycles. The fraction of sp³-hybridized carbons (Fsp3) is 0.400. The van der Waals surface area contributed by atoms with Crippen LogP contribution in [0.3, 0.4) is 0 Å². The predicted molar refractivity (Wildman–Crippen MR) is 55.9 cm³/mol. The Balaban J connectivity index is 2.25. The Bertz CT molecular complexity index is 393. The SMILES string of the molecule is N#Cc1nc(N2CCCCO2)ccc1N. The lowest BCUT2D eigenvalue weighted by Gasteiger charge is -2.26. The highest BCUT2D eigenvalue weighted by atomic mass is 16.7. The van der Waals surface area contributed by atoms with Gasteiger partial charge in [-0.1, -0.05) is 0 Å². The number of nitrogens with two attached hydrogens (primary N) is 1. The molecular formula is C10H12N4O. The lowest BCUT2D eigenvalue weighted by atomic mass is 10.3. The Labute approximate surface area is 88.0 Å². The van der Waals surface area contributed by atoms with Gasteiger partial charge in [0.05, 0.1) is 12.3 Å². The van der Waals surface area contributed by atoms with E-state index in [1.165, 1.54) is 0 Å². The average Bonchev–Trinajstić information content (AvgIpc) is 2.31. The number of nitriles is 1. The van der Waals surface area contributed by atoms with Crippen molar-refractivity contribution in [1.29, 1.82) is 5.26 Å². The quantitative estimate of drug-likeness (QED) is 0.740. The van der Waals surface area contributed by atoms with E-state index in [1.54, 1.807) is 17.2 Å². The minimum absolute atomic E-state index is 0.252. The second-order valence-corrected chi connectivity index (χ2v) is 3.36. The van der Waals surface area contributed by atoms with Crippen LogP contribution in [-0.2, 0) is 4.84 Å². The van der Waals surface area contributed by atoms with Crippen molar-refractivity contribution in [3.05, 3.63) is 17.8 Å². The molecule has 0 aliphatic carbocycles. The number of aromatic nitrogens is 1. The maximum atomic E-state index is 8.79. The van der Waals surface area contributed by atoms with Gasteiger partial charge in [0, 0.05) is 6.54 Å². The van der Waals surface area contributed by atoms with Crippen LogP contribution < -0.4 is 10.8 Å². The first-order valence-corrected chi connectivity index (χ1v) is 4.88. The maximum absolute atomic E-state index is 8.79. The van der Waals surface area contributed by atoms with Crippen LogP contribution in [0.15, 0.2) is 12.1 Å². The highest BCUT2D eigenvalue weighted by molar-refractivity contribution is 5.54. The highest BCUT2D eigenvalue weighted by Crippen LogP contribution is 2.19. The van der Waals surface area contributed by atoms with Gasteiger partial charge in [0.2, 0.25) is 0 Å². The average molecular weight is 204 g/mol. The van der Waals surface area contributed by atoms with Crippen LogP contribution in [-0.4, -0.2) is 18.1 Å². The molecule has 0 aromatic carbocycles. The van der Waals surface area contributed by atoms with Crippen LogP contribution >= 0.6 is 0 Å². The third-order valence-electron chi connectivity index (χ3n) is 2.28. The molecule has 1 aromatic heterocycles. The molecule has 1 aliphatic heterocycles. The van der Waals surface area contributed by atoms with Crippen LogP contribution in [0.25, 0.3) is 0 Å². The molecule has 1 fully saturated rings. The fourth-order valence-electron chi connectivity index (χ4n) is 1.47. The van der Waals surface area contributed by atoms with Gasteiger partial charge in [-0.05, 0) is 25.0 Å². The summed E-state index contributed by atoms with van der Waals surface area (Å²) in [5.74, 6) is 0.653. The lowest BCUT2D eigenvalue weighted by Crippen LogP contribution is -2.30. The topological polar surface area (TPSA) is 75.2 Å². The molecule has 2 N–H and O–H groups in total. The van der Waals surface area contributed by atoms with Gasteiger partial charge in [0.1, 0.15) is 6.07 Å². The van der Waals surface area contributed by atoms with Gasteiger partial charge < -0.3 is 5.73 Å². The number of pyridine rings is 1. The van der Waals surface area contributed by atoms with E-state index in [0.29, 0.717) is 18.1 Å². The number of nitrogens with zero attached hydrogens (tertiary/aromatic N) is 3. The summed E-state index contributed by atoms with van der Waals surface area (Å²) in [6.45, 7) is 1.51. The minimum Gasteiger partial charge on any atom is -0.396 e. The second kappa shape index (κ2) is 4.15. The minimum atomic E-state index is 0.252. The van der Waals surface area contributed by atoms with Crippen molar-refractivity contribution in [1.82, 2.24) is 4.98 Å². The smallest absolute Gasteiger partial charge is 0.165 e. The van der Waals surface area contributed by atoms with Crippen LogP contribution in [0.4, 0.5) is 11.5 Å². The third kappa shape index (κ3) is 2.00. The van der Waals surface area contributed by atoms with E-state index in [4.69, 9.17) is 15.8 Å². The molecule has 2 rings (SSSR count). The maximum Gasteiger partial charge on any atom is 0.165 e. The largest absolute Gasteiger partial charge is 0.396 e. The van der Waals surface area contributed by atoms with Crippen molar-refractivity contribution in [2.24, 2.45) is 0 Å². The summed E-state index contributed by atoms with van der Waals surface area (Å²) in [4.78, 5) is 9.55. The van der Waals surface area contributed by atoms with E-state index in [9.17, 15) is 0 Å². The Morgan fingerprint density at radius 1 is 1.47 bits per heavy atom. The van der Waals surface area contributed by atoms with E-state index in [0.717, 1.165) is 19.4 Å². The summed E-state index contributed by atoms with van der Waals surface area (Å²) in [5.41, 5.74) is 6.24. The van der Waals surface area contributed by atoms with Crippen molar-refractivity contribution in [2.45, 2.75) is 12.8 Å². The molecule has 0 bridgehead atoms. The van der Waals surface area contributed by atoms with Crippen LogP contribution in [0.1, 0.15) is 18.5 Å². The summed E-state index contributed by atoms with van der Waals surface area (Å²) in [6.07, 6.45) is 2.14. The zero-order valence-corrected chi connectivity index (χ0v) is 8.31. The molecule has 2 heterocycles. The van der Waals surface area contributed by atoms with Gasteiger partial charge in [-0.2, -0.15) is 5.26 Å². The van der Waals surface area contributed by atoms with Crippen LogP contribution in [0, 0.1) is 11.3 Å². The monoisotopic (exact) mass is 204 g/mol. The molecule has 5 heteroatoms. The molecule has 5 nitrogen and oxygen atoms in total.